The third-order valence-electron chi connectivity index (χ3n) is 2.74. The number of nitrogens with two attached hydrogens (primary N) is 2. The van der Waals surface area contributed by atoms with Crippen molar-refractivity contribution >= 4 is 17.2 Å². The SMILES string of the molecule is CC(=O)c1ccc(N)cc1.CC(O)c1ccc(N)cc1. The number of nitrogen functional groups attached to an aromatic ring is 2. The molecule has 1 atom stereocenters. The molecule has 4 heteroatoms. The number of benzene rings is 2. The number of anilines is 2. The number of carbonyl (C=O) groups excluding carboxylic acids is 1. The number of Topliss-reactive ketones (excluding diaryl/α,β-unsaturated/α-hetero) is 1. The Balaban J connectivity index is 0.000000200. The molecule has 0 spiro atoms. The quantitative estimate of drug-likeness (QED) is 0.579. The first-order chi connectivity index (χ1) is 9.40. The van der Waals surface area contributed by atoms with Gasteiger partial charge < -0.3 is 16.6 Å². The van der Waals surface area contributed by atoms with Crippen LogP contribution in [0, 0.1) is 0 Å². The summed E-state index contributed by atoms with van der Waals surface area (Å²) >= 11 is 0. The lowest BCUT2D eigenvalue weighted by atomic mass is 10.1. The summed E-state index contributed by atoms with van der Waals surface area (Å²) in [5, 5.41) is 9.07. The predicted molar refractivity (Wildman–Crippen MR) is 82.3 cm³/mol. The topological polar surface area (TPSA) is 89.3 Å². The molecule has 0 aliphatic rings. The van der Waals surface area contributed by atoms with Crippen LogP contribution in [0.2, 0.25) is 0 Å². The minimum atomic E-state index is -0.402. The van der Waals surface area contributed by atoms with Crippen molar-refractivity contribution in [1.29, 1.82) is 0 Å². The molecule has 0 aliphatic carbocycles. The van der Waals surface area contributed by atoms with Gasteiger partial charge in [0.15, 0.2) is 5.78 Å². The van der Waals surface area contributed by atoms with E-state index in [0.717, 1.165) is 11.3 Å². The van der Waals surface area contributed by atoms with E-state index in [1.54, 1.807) is 43.3 Å². The van der Waals surface area contributed by atoms with Gasteiger partial charge in [0.05, 0.1) is 6.10 Å². The van der Waals surface area contributed by atoms with Gasteiger partial charge in [-0.05, 0) is 55.8 Å². The molecule has 0 heterocycles. The Labute approximate surface area is 119 Å². The van der Waals surface area contributed by atoms with Gasteiger partial charge in [0.2, 0.25) is 0 Å². The molecule has 0 saturated heterocycles. The molecule has 4 nitrogen and oxygen atoms in total. The van der Waals surface area contributed by atoms with Gasteiger partial charge in [-0.3, -0.25) is 4.79 Å². The Morgan fingerprint density at radius 2 is 1.35 bits per heavy atom. The summed E-state index contributed by atoms with van der Waals surface area (Å²) in [6, 6.07) is 14.1. The van der Waals surface area contributed by atoms with E-state index in [1.807, 2.05) is 12.1 Å². The van der Waals surface area contributed by atoms with Crippen LogP contribution in [-0.4, -0.2) is 10.9 Å². The minimum absolute atomic E-state index is 0.0694. The summed E-state index contributed by atoms with van der Waals surface area (Å²) < 4.78 is 0. The summed E-state index contributed by atoms with van der Waals surface area (Å²) in [6.45, 7) is 3.26. The molecule has 0 saturated carbocycles. The van der Waals surface area contributed by atoms with E-state index in [1.165, 1.54) is 6.92 Å². The second-order valence-electron chi connectivity index (χ2n) is 4.52. The van der Waals surface area contributed by atoms with Gasteiger partial charge in [-0.2, -0.15) is 0 Å². The largest absolute Gasteiger partial charge is 0.399 e. The predicted octanol–water partition coefficient (Wildman–Crippen LogP) is 2.79. The van der Waals surface area contributed by atoms with E-state index in [-0.39, 0.29) is 5.78 Å². The number of hydrogen-bond acceptors (Lipinski definition) is 4. The highest BCUT2D eigenvalue weighted by atomic mass is 16.3. The van der Waals surface area contributed by atoms with Crippen molar-refractivity contribution in [3.8, 4) is 0 Å². The third kappa shape index (κ3) is 5.12. The van der Waals surface area contributed by atoms with Crippen LogP contribution >= 0.6 is 0 Å². The van der Waals surface area contributed by atoms with Crippen molar-refractivity contribution in [2.24, 2.45) is 0 Å². The molecule has 0 radical (unpaired) electrons. The van der Waals surface area contributed by atoms with E-state index in [2.05, 4.69) is 0 Å². The van der Waals surface area contributed by atoms with Crippen LogP contribution in [0.4, 0.5) is 11.4 Å². The molecule has 0 aromatic heterocycles. The van der Waals surface area contributed by atoms with E-state index >= 15 is 0 Å². The van der Waals surface area contributed by atoms with Crippen molar-refractivity contribution < 1.29 is 9.90 Å². The first kappa shape index (κ1) is 15.7. The fourth-order valence-corrected chi connectivity index (χ4v) is 1.49. The van der Waals surface area contributed by atoms with Crippen molar-refractivity contribution in [2.45, 2.75) is 20.0 Å². The summed E-state index contributed by atoms with van der Waals surface area (Å²) in [5.41, 5.74) is 13.9. The highest BCUT2D eigenvalue weighted by Crippen LogP contribution is 2.12. The van der Waals surface area contributed by atoms with Gasteiger partial charge in [0.25, 0.3) is 0 Å². The van der Waals surface area contributed by atoms with Crippen molar-refractivity contribution in [3.63, 3.8) is 0 Å². The highest BCUT2D eigenvalue weighted by Gasteiger charge is 1.97. The van der Waals surface area contributed by atoms with Crippen LogP contribution in [0.5, 0.6) is 0 Å². The third-order valence-corrected chi connectivity index (χ3v) is 2.74. The van der Waals surface area contributed by atoms with Gasteiger partial charge in [-0.1, -0.05) is 12.1 Å². The fraction of sp³-hybridized carbons (Fsp3) is 0.188. The highest BCUT2D eigenvalue weighted by molar-refractivity contribution is 5.94. The number of hydrogen-bond donors (Lipinski definition) is 3. The lowest BCUT2D eigenvalue weighted by molar-refractivity contribution is 0.101. The molecule has 0 aliphatic heterocycles. The zero-order chi connectivity index (χ0) is 15.1. The van der Waals surface area contributed by atoms with E-state index < -0.39 is 6.10 Å². The molecule has 1 unspecified atom stereocenters. The Morgan fingerprint density at radius 3 is 1.70 bits per heavy atom. The zero-order valence-electron chi connectivity index (χ0n) is 11.7. The molecule has 2 aromatic carbocycles. The molecule has 20 heavy (non-hydrogen) atoms. The zero-order valence-corrected chi connectivity index (χ0v) is 11.7. The molecule has 5 N–H and O–H groups in total. The van der Waals surface area contributed by atoms with E-state index in [4.69, 9.17) is 16.6 Å². The van der Waals surface area contributed by atoms with Crippen LogP contribution in [0.25, 0.3) is 0 Å². The second kappa shape index (κ2) is 7.31. The van der Waals surface area contributed by atoms with Crippen molar-refractivity contribution in [3.05, 3.63) is 59.7 Å². The van der Waals surface area contributed by atoms with Gasteiger partial charge in [0, 0.05) is 16.9 Å². The summed E-state index contributed by atoms with van der Waals surface area (Å²) in [6.07, 6.45) is -0.402. The van der Waals surface area contributed by atoms with E-state index in [9.17, 15) is 4.79 Å². The molecule has 106 valence electrons. The number of aliphatic hydroxyl groups excluding tert-OH is 1. The maximum absolute atomic E-state index is 10.7. The molecule has 0 fully saturated rings. The van der Waals surface area contributed by atoms with Crippen LogP contribution in [-0.2, 0) is 0 Å². The Kier molecular flexibility index (Phi) is 5.74. The molecule has 2 aromatic rings. The smallest absolute Gasteiger partial charge is 0.159 e. The van der Waals surface area contributed by atoms with Gasteiger partial charge in [-0.15, -0.1) is 0 Å². The maximum Gasteiger partial charge on any atom is 0.159 e. The normalized spacial score (nSPS) is 11.2. The maximum atomic E-state index is 10.7. The average molecular weight is 272 g/mol. The van der Waals surface area contributed by atoms with E-state index in [0.29, 0.717) is 11.3 Å². The van der Waals surface area contributed by atoms with Crippen LogP contribution in [0.1, 0.15) is 35.9 Å². The molecule has 2 rings (SSSR count). The summed E-state index contributed by atoms with van der Waals surface area (Å²) in [5.74, 6) is 0.0694. The minimum Gasteiger partial charge on any atom is -0.399 e. The second-order valence-corrected chi connectivity index (χ2v) is 4.52. The van der Waals surface area contributed by atoms with Crippen LogP contribution < -0.4 is 11.5 Å². The number of aliphatic hydroxyl groups is 1. The molecular weight excluding hydrogens is 252 g/mol. The van der Waals surface area contributed by atoms with Gasteiger partial charge in [0.1, 0.15) is 0 Å². The standard InChI is InChI=1S/C8H11NO.C8H9NO/c2*1-6(10)7-2-4-8(9)5-3-7/h2-6,10H,9H2,1H3;2-5H,9H2,1H3. The summed E-state index contributed by atoms with van der Waals surface area (Å²) in [7, 11) is 0. The first-order valence-electron chi connectivity index (χ1n) is 6.30. The lowest BCUT2D eigenvalue weighted by Crippen LogP contribution is -1.91. The van der Waals surface area contributed by atoms with Gasteiger partial charge >= 0.3 is 0 Å². The van der Waals surface area contributed by atoms with Crippen molar-refractivity contribution in [1.82, 2.24) is 0 Å². The monoisotopic (exact) mass is 272 g/mol. The fourth-order valence-electron chi connectivity index (χ4n) is 1.49. The molecule has 0 amide bonds. The lowest BCUT2D eigenvalue weighted by Gasteiger charge is -2.02. The number of carbonyl (C=O) groups is 1. The Bertz CT molecular complexity index is 546. The number of rotatable bonds is 2. The first-order valence-corrected chi connectivity index (χ1v) is 6.30. The summed E-state index contributed by atoms with van der Waals surface area (Å²) in [4.78, 5) is 10.7. The van der Waals surface area contributed by atoms with Crippen LogP contribution in [0.15, 0.2) is 48.5 Å². The Morgan fingerprint density at radius 1 is 0.950 bits per heavy atom. The van der Waals surface area contributed by atoms with Gasteiger partial charge in [-0.25, -0.2) is 0 Å². The molecular formula is C16H20N2O2. The van der Waals surface area contributed by atoms with Crippen molar-refractivity contribution in [2.75, 3.05) is 11.5 Å². The Hall–Kier alpha value is -2.33. The number of ketones is 1. The average Bonchev–Trinajstić information content (AvgIpc) is 2.40. The van der Waals surface area contributed by atoms with Crippen LogP contribution in [0.3, 0.4) is 0 Å². The molecule has 0 bridgehead atoms.